The molecule has 0 fully saturated rings. The summed E-state index contributed by atoms with van der Waals surface area (Å²) in [6, 6.07) is 23.2. The average molecular weight is 662 g/mol. The van der Waals surface area contributed by atoms with Crippen molar-refractivity contribution in [2.45, 2.75) is 60.9 Å². The van der Waals surface area contributed by atoms with Crippen molar-refractivity contribution in [3.63, 3.8) is 0 Å². The predicted molar refractivity (Wildman–Crippen MR) is 191 cm³/mol. The first-order chi connectivity index (χ1) is 23.4. The Hall–Kier alpha value is -5.97. The zero-order valence-electron chi connectivity index (χ0n) is 28.4. The van der Waals surface area contributed by atoms with E-state index in [-0.39, 0.29) is 18.3 Å². The van der Waals surface area contributed by atoms with E-state index in [0.717, 1.165) is 33.2 Å². The molecule has 0 aliphatic rings. The third-order valence-corrected chi connectivity index (χ3v) is 7.75. The largest absolute Gasteiger partial charge is 0.440 e. The highest BCUT2D eigenvalue weighted by molar-refractivity contribution is 5.78. The summed E-state index contributed by atoms with van der Waals surface area (Å²) in [5, 5.41) is 1.02. The Kier molecular flexibility index (Phi) is 10.4. The number of nitrogens with one attached hydrogen (secondary N) is 3. The minimum atomic E-state index is -0.568. The van der Waals surface area contributed by atoms with Gasteiger partial charge in [-0.2, -0.15) is 0 Å². The van der Waals surface area contributed by atoms with E-state index in [4.69, 9.17) is 9.47 Å². The molecule has 0 atom stereocenters. The maximum absolute atomic E-state index is 12.7. The van der Waals surface area contributed by atoms with E-state index < -0.39 is 22.5 Å². The summed E-state index contributed by atoms with van der Waals surface area (Å²) in [6.07, 6.45) is 0.910. The summed E-state index contributed by atoms with van der Waals surface area (Å²) >= 11 is 0. The SMILES string of the molecule is CCc1c(Oc2cc(C)cc(C)c2)[nH]c(=O)[nH]c1=O.CCc1c(Oc2cc(C)cc(C)c2)n(Cc2ccc3ccccc3n2)c(=O)[nH]c1=O. The summed E-state index contributed by atoms with van der Waals surface area (Å²) in [7, 11) is 0. The van der Waals surface area contributed by atoms with E-state index in [1.807, 2.05) is 114 Å². The van der Waals surface area contributed by atoms with Crippen LogP contribution in [0, 0.1) is 27.7 Å². The van der Waals surface area contributed by atoms with Crippen LogP contribution < -0.4 is 32.0 Å². The minimum absolute atomic E-state index is 0.188. The molecule has 0 unspecified atom stereocenters. The molecule has 3 aromatic carbocycles. The third kappa shape index (κ3) is 8.31. The van der Waals surface area contributed by atoms with Gasteiger partial charge in [0.1, 0.15) is 11.5 Å². The van der Waals surface area contributed by atoms with Gasteiger partial charge in [-0.15, -0.1) is 0 Å². The van der Waals surface area contributed by atoms with Crippen molar-refractivity contribution < 1.29 is 9.47 Å². The molecule has 0 radical (unpaired) electrons. The first-order valence-corrected chi connectivity index (χ1v) is 16.0. The molecule has 252 valence electrons. The number of aromatic amines is 3. The second kappa shape index (κ2) is 14.8. The Balaban J connectivity index is 0.000000212. The number of hydrogen-bond donors (Lipinski definition) is 3. The summed E-state index contributed by atoms with van der Waals surface area (Å²) in [5.41, 5.74) is 4.67. The van der Waals surface area contributed by atoms with Crippen LogP contribution >= 0.6 is 0 Å². The van der Waals surface area contributed by atoms with Crippen LogP contribution in [0.4, 0.5) is 0 Å². The van der Waals surface area contributed by atoms with Gasteiger partial charge in [-0.05, 0) is 99.2 Å². The molecule has 3 aromatic heterocycles. The lowest BCUT2D eigenvalue weighted by Gasteiger charge is -2.16. The normalized spacial score (nSPS) is 10.8. The van der Waals surface area contributed by atoms with Gasteiger partial charge in [-0.3, -0.25) is 34.1 Å². The monoisotopic (exact) mass is 661 g/mol. The van der Waals surface area contributed by atoms with Crippen LogP contribution in [0.3, 0.4) is 0 Å². The van der Waals surface area contributed by atoms with Crippen LogP contribution in [0.15, 0.2) is 92.0 Å². The van der Waals surface area contributed by atoms with Gasteiger partial charge in [-0.25, -0.2) is 9.59 Å². The Morgan fingerprint density at radius 3 is 1.84 bits per heavy atom. The second-order valence-corrected chi connectivity index (χ2v) is 11.9. The molecule has 6 aromatic rings. The van der Waals surface area contributed by atoms with Crippen molar-refractivity contribution in [1.29, 1.82) is 0 Å². The maximum Gasteiger partial charge on any atom is 0.331 e. The van der Waals surface area contributed by atoms with Gasteiger partial charge >= 0.3 is 11.4 Å². The van der Waals surface area contributed by atoms with Crippen molar-refractivity contribution in [3.8, 4) is 23.3 Å². The van der Waals surface area contributed by atoms with E-state index in [2.05, 4.69) is 19.9 Å². The molecular formula is C38H39N5O6. The number of nitrogens with zero attached hydrogens (tertiary/aromatic N) is 2. The molecule has 0 spiro atoms. The zero-order chi connectivity index (χ0) is 35.2. The summed E-state index contributed by atoms with van der Waals surface area (Å²) in [6.45, 7) is 11.8. The van der Waals surface area contributed by atoms with Gasteiger partial charge in [-0.1, -0.05) is 50.2 Å². The van der Waals surface area contributed by atoms with Gasteiger partial charge < -0.3 is 9.47 Å². The van der Waals surface area contributed by atoms with Gasteiger partial charge in [0.25, 0.3) is 11.1 Å². The molecule has 0 amide bonds. The summed E-state index contributed by atoms with van der Waals surface area (Å²) in [4.78, 5) is 59.9. The van der Waals surface area contributed by atoms with Gasteiger partial charge in [0.05, 0.1) is 28.9 Å². The Bertz CT molecular complexity index is 2340. The van der Waals surface area contributed by atoms with E-state index in [9.17, 15) is 19.2 Å². The minimum Gasteiger partial charge on any atom is -0.440 e. The lowest BCUT2D eigenvalue weighted by atomic mass is 10.1. The van der Waals surface area contributed by atoms with Crippen LogP contribution in [0.5, 0.6) is 23.3 Å². The number of fused-ring (bicyclic) bond motifs is 1. The van der Waals surface area contributed by atoms with Crippen molar-refractivity contribution in [3.05, 3.63) is 154 Å². The number of benzene rings is 3. The molecule has 0 bridgehead atoms. The fourth-order valence-electron chi connectivity index (χ4n) is 5.64. The van der Waals surface area contributed by atoms with Gasteiger partial charge in [0.15, 0.2) is 0 Å². The highest BCUT2D eigenvalue weighted by atomic mass is 16.5. The van der Waals surface area contributed by atoms with Crippen molar-refractivity contribution in [2.24, 2.45) is 0 Å². The standard InChI is InChI=1S/C24H23N3O3.C14H16N2O3/c1-4-20-22(28)26-24(29)27(23(20)30-19-12-15(2)11-16(3)13-19)14-18-10-9-17-7-5-6-8-21(17)25-18;1-4-11-12(17)15-14(18)16-13(11)19-10-6-8(2)5-9(3)7-10/h5-13H,4,14H2,1-3H3,(H,26,28,29);5-7H,4H2,1-3H3,(H2,15,16,17,18). The molecule has 49 heavy (non-hydrogen) atoms. The van der Waals surface area contributed by atoms with Crippen LogP contribution in [-0.4, -0.2) is 24.5 Å². The third-order valence-electron chi connectivity index (χ3n) is 7.75. The number of rotatable bonds is 8. The van der Waals surface area contributed by atoms with Crippen molar-refractivity contribution >= 4 is 10.9 Å². The molecule has 0 aliphatic heterocycles. The Labute approximate surface area is 282 Å². The molecule has 3 N–H and O–H groups in total. The Morgan fingerprint density at radius 1 is 0.653 bits per heavy atom. The van der Waals surface area contributed by atoms with Crippen LogP contribution in [0.25, 0.3) is 10.9 Å². The van der Waals surface area contributed by atoms with Crippen LogP contribution in [0.1, 0.15) is 52.9 Å². The lowest BCUT2D eigenvalue weighted by Crippen LogP contribution is -2.33. The molecule has 0 saturated carbocycles. The number of pyridine rings is 1. The Morgan fingerprint density at radius 2 is 1.22 bits per heavy atom. The van der Waals surface area contributed by atoms with E-state index in [1.165, 1.54) is 4.57 Å². The summed E-state index contributed by atoms with van der Waals surface area (Å²) < 4.78 is 13.2. The molecule has 11 nitrogen and oxygen atoms in total. The molecule has 0 aliphatic carbocycles. The average Bonchev–Trinajstić information content (AvgIpc) is 3.02. The highest BCUT2D eigenvalue weighted by Crippen LogP contribution is 2.26. The van der Waals surface area contributed by atoms with Gasteiger partial charge in [0.2, 0.25) is 11.8 Å². The van der Waals surface area contributed by atoms with Crippen molar-refractivity contribution in [1.82, 2.24) is 24.5 Å². The zero-order valence-corrected chi connectivity index (χ0v) is 28.4. The number of H-pyrrole nitrogens is 3. The molecular weight excluding hydrogens is 622 g/mol. The summed E-state index contributed by atoms with van der Waals surface area (Å²) in [5.74, 6) is 1.66. The predicted octanol–water partition coefficient (Wildman–Crippen LogP) is 6.14. The molecule has 3 heterocycles. The van der Waals surface area contributed by atoms with E-state index in [1.54, 1.807) is 0 Å². The van der Waals surface area contributed by atoms with E-state index >= 15 is 0 Å². The fraction of sp³-hybridized carbons (Fsp3) is 0.237. The highest BCUT2D eigenvalue weighted by Gasteiger charge is 2.17. The number of aromatic nitrogens is 5. The van der Waals surface area contributed by atoms with Crippen LogP contribution in [-0.2, 0) is 19.4 Å². The molecule has 0 saturated heterocycles. The molecule has 6 rings (SSSR count). The number of hydrogen-bond acceptors (Lipinski definition) is 7. The molecule has 11 heteroatoms. The second-order valence-electron chi connectivity index (χ2n) is 11.9. The first-order valence-electron chi connectivity index (χ1n) is 16.0. The number of para-hydroxylation sites is 1. The topological polar surface area (TPSA) is 152 Å². The number of ether oxygens (including phenoxy) is 2. The lowest BCUT2D eigenvalue weighted by molar-refractivity contribution is 0.413. The number of aryl methyl sites for hydroxylation is 4. The van der Waals surface area contributed by atoms with Crippen molar-refractivity contribution in [2.75, 3.05) is 0 Å². The smallest absolute Gasteiger partial charge is 0.331 e. The van der Waals surface area contributed by atoms with Gasteiger partial charge in [0, 0.05) is 5.39 Å². The first kappa shape index (κ1) is 34.4. The van der Waals surface area contributed by atoms with E-state index in [0.29, 0.717) is 41.2 Å². The quantitative estimate of drug-likeness (QED) is 0.177. The van der Waals surface area contributed by atoms with Crippen LogP contribution in [0.2, 0.25) is 0 Å². The maximum atomic E-state index is 12.7. The fourth-order valence-corrected chi connectivity index (χ4v) is 5.64.